The van der Waals surface area contributed by atoms with E-state index in [0.29, 0.717) is 30.5 Å². The minimum absolute atomic E-state index is 0.0230. The molecule has 0 aliphatic carbocycles. The molecule has 0 aliphatic heterocycles. The van der Waals surface area contributed by atoms with Gasteiger partial charge in [-0.3, -0.25) is 4.79 Å². The predicted molar refractivity (Wildman–Crippen MR) is 79.4 cm³/mol. The number of carbonyl (C=O) groups is 1. The first-order valence-corrected chi connectivity index (χ1v) is 6.81. The van der Waals surface area contributed by atoms with Gasteiger partial charge in [-0.05, 0) is 31.9 Å². The number of anilines is 1. The summed E-state index contributed by atoms with van der Waals surface area (Å²) >= 11 is 0. The lowest BCUT2D eigenvalue weighted by molar-refractivity contribution is 0.0806. The normalized spacial score (nSPS) is 12.3. The zero-order valence-corrected chi connectivity index (χ0v) is 12.6. The van der Waals surface area contributed by atoms with Crippen molar-refractivity contribution in [2.75, 3.05) is 18.6 Å². The van der Waals surface area contributed by atoms with Crippen LogP contribution in [-0.4, -0.2) is 30.1 Å². The Morgan fingerprint density at radius 2 is 2.15 bits per heavy atom. The van der Waals surface area contributed by atoms with Gasteiger partial charge >= 0.3 is 0 Å². The van der Waals surface area contributed by atoms with Crippen molar-refractivity contribution in [3.05, 3.63) is 23.4 Å². The molecule has 1 amide bonds. The summed E-state index contributed by atoms with van der Waals surface area (Å²) in [5, 5.41) is 2.99. The fourth-order valence-electron chi connectivity index (χ4n) is 1.77. The van der Waals surface area contributed by atoms with E-state index >= 15 is 0 Å². The first kappa shape index (κ1) is 16.4. The molecule has 1 rings (SSSR count). The first-order valence-electron chi connectivity index (χ1n) is 6.81. The number of hydrogen-bond donors (Lipinski definition) is 3. The number of nitrogens with zero attached hydrogens (tertiary/aromatic N) is 1. The molecule has 0 radical (unpaired) electrons. The van der Waals surface area contributed by atoms with Crippen LogP contribution in [0.5, 0.6) is 0 Å². The van der Waals surface area contributed by atoms with Crippen molar-refractivity contribution in [2.45, 2.75) is 33.7 Å². The fourth-order valence-corrected chi connectivity index (χ4v) is 1.77. The molecule has 0 bridgehead atoms. The Morgan fingerprint density at radius 3 is 2.70 bits per heavy atom. The standard InChI is InChI=1S/C14H24N4O2/c1-5-20-8-12(9(2)3)17-14(19)11-6-10(4)16-13(7-11)18-15/h6-7,9,12H,5,8,15H2,1-4H3,(H,16,18)(H,17,19). The Kier molecular flexibility index (Phi) is 6.41. The van der Waals surface area contributed by atoms with Gasteiger partial charge < -0.3 is 15.5 Å². The molecule has 1 aromatic rings. The summed E-state index contributed by atoms with van der Waals surface area (Å²) < 4.78 is 5.40. The van der Waals surface area contributed by atoms with E-state index in [4.69, 9.17) is 10.6 Å². The fraction of sp³-hybridized carbons (Fsp3) is 0.571. The number of nitrogens with one attached hydrogen (secondary N) is 2. The minimum atomic E-state index is -0.148. The zero-order valence-electron chi connectivity index (χ0n) is 12.6. The maximum Gasteiger partial charge on any atom is 0.251 e. The predicted octanol–water partition coefficient (Wildman–Crippen LogP) is 1.47. The summed E-state index contributed by atoms with van der Waals surface area (Å²) in [7, 11) is 0. The highest BCUT2D eigenvalue weighted by atomic mass is 16.5. The molecule has 4 N–H and O–H groups in total. The Morgan fingerprint density at radius 1 is 1.45 bits per heavy atom. The van der Waals surface area contributed by atoms with Crippen molar-refractivity contribution in [2.24, 2.45) is 11.8 Å². The van der Waals surface area contributed by atoms with E-state index in [9.17, 15) is 4.79 Å². The molecule has 0 saturated carbocycles. The largest absolute Gasteiger partial charge is 0.380 e. The molecule has 1 unspecified atom stereocenters. The van der Waals surface area contributed by atoms with Crippen LogP contribution < -0.4 is 16.6 Å². The molecular weight excluding hydrogens is 256 g/mol. The molecule has 0 fully saturated rings. The highest BCUT2D eigenvalue weighted by Crippen LogP contribution is 2.10. The summed E-state index contributed by atoms with van der Waals surface area (Å²) in [5.41, 5.74) is 3.73. The van der Waals surface area contributed by atoms with E-state index in [1.54, 1.807) is 12.1 Å². The van der Waals surface area contributed by atoms with E-state index < -0.39 is 0 Å². The summed E-state index contributed by atoms with van der Waals surface area (Å²) in [4.78, 5) is 16.4. The number of hydrogen-bond acceptors (Lipinski definition) is 5. The molecule has 0 spiro atoms. The number of pyridine rings is 1. The van der Waals surface area contributed by atoms with E-state index in [0.717, 1.165) is 5.69 Å². The molecule has 112 valence electrons. The number of nitrogen functional groups attached to an aromatic ring is 1. The SMILES string of the molecule is CCOCC(NC(=O)c1cc(C)nc(NN)c1)C(C)C. The number of rotatable bonds is 7. The van der Waals surface area contributed by atoms with Gasteiger partial charge in [0, 0.05) is 17.9 Å². The topological polar surface area (TPSA) is 89.3 Å². The maximum absolute atomic E-state index is 12.3. The zero-order chi connectivity index (χ0) is 15.1. The second kappa shape index (κ2) is 7.81. The van der Waals surface area contributed by atoms with Gasteiger partial charge in [-0.2, -0.15) is 0 Å². The van der Waals surface area contributed by atoms with Gasteiger partial charge in [-0.15, -0.1) is 0 Å². The van der Waals surface area contributed by atoms with Crippen molar-refractivity contribution < 1.29 is 9.53 Å². The van der Waals surface area contributed by atoms with Gasteiger partial charge in [0.2, 0.25) is 0 Å². The third kappa shape index (κ3) is 4.79. The van der Waals surface area contributed by atoms with Crippen molar-refractivity contribution in [3.63, 3.8) is 0 Å². The van der Waals surface area contributed by atoms with Crippen LogP contribution in [0.1, 0.15) is 36.8 Å². The quantitative estimate of drug-likeness (QED) is 0.520. The summed E-state index contributed by atoms with van der Waals surface area (Å²) in [6, 6.07) is 3.33. The van der Waals surface area contributed by atoms with Crippen LogP contribution in [0.3, 0.4) is 0 Å². The van der Waals surface area contributed by atoms with Gasteiger partial charge in [-0.1, -0.05) is 13.8 Å². The van der Waals surface area contributed by atoms with Crippen LogP contribution in [-0.2, 0) is 4.74 Å². The smallest absolute Gasteiger partial charge is 0.251 e. The van der Waals surface area contributed by atoms with Crippen molar-refractivity contribution in [3.8, 4) is 0 Å². The summed E-state index contributed by atoms with van der Waals surface area (Å²) in [6.07, 6.45) is 0. The lowest BCUT2D eigenvalue weighted by Gasteiger charge is -2.22. The molecule has 0 aliphatic rings. The number of aromatic nitrogens is 1. The van der Waals surface area contributed by atoms with Crippen LogP contribution in [0.4, 0.5) is 5.82 Å². The lowest BCUT2D eigenvalue weighted by Crippen LogP contribution is -2.42. The third-order valence-electron chi connectivity index (χ3n) is 2.99. The average molecular weight is 280 g/mol. The molecule has 0 aromatic carbocycles. The first-order chi connectivity index (χ1) is 9.47. The molecule has 1 atom stereocenters. The summed E-state index contributed by atoms with van der Waals surface area (Å²) in [6.45, 7) is 8.99. The van der Waals surface area contributed by atoms with Gasteiger partial charge in [-0.25, -0.2) is 10.8 Å². The number of aryl methyl sites for hydroxylation is 1. The molecule has 20 heavy (non-hydrogen) atoms. The van der Waals surface area contributed by atoms with Gasteiger partial charge in [0.05, 0.1) is 12.6 Å². The minimum Gasteiger partial charge on any atom is -0.380 e. The number of ether oxygens (including phenoxy) is 1. The number of carbonyl (C=O) groups excluding carboxylic acids is 1. The lowest BCUT2D eigenvalue weighted by atomic mass is 10.0. The molecule has 6 nitrogen and oxygen atoms in total. The second-order valence-electron chi connectivity index (χ2n) is 5.01. The van der Waals surface area contributed by atoms with Crippen LogP contribution in [0.25, 0.3) is 0 Å². The van der Waals surface area contributed by atoms with E-state index in [1.807, 2.05) is 13.8 Å². The van der Waals surface area contributed by atoms with Gasteiger partial charge in [0.1, 0.15) is 5.82 Å². The highest BCUT2D eigenvalue weighted by Gasteiger charge is 2.18. The molecule has 1 heterocycles. The van der Waals surface area contributed by atoms with E-state index in [1.165, 1.54) is 0 Å². The highest BCUT2D eigenvalue weighted by molar-refractivity contribution is 5.95. The third-order valence-corrected chi connectivity index (χ3v) is 2.99. The Bertz CT molecular complexity index is 449. The van der Waals surface area contributed by atoms with Gasteiger partial charge in [0.15, 0.2) is 0 Å². The van der Waals surface area contributed by atoms with Gasteiger partial charge in [0.25, 0.3) is 5.91 Å². The monoisotopic (exact) mass is 280 g/mol. The van der Waals surface area contributed by atoms with Crippen LogP contribution in [0.2, 0.25) is 0 Å². The molecule has 1 aromatic heterocycles. The Hall–Kier alpha value is -1.66. The van der Waals surface area contributed by atoms with Crippen molar-refractivity contribution in [1.29, 1.82) is 0 Å². The van der Waals surface area contributed by atoms with Crippen LogP contribution >= 0.6 is 0 Å². The van der Waals surface area contributed by atoms with Crippen LogP contribution in [0, 0.1) is 12.8 Å². The molecular formula is C14H24N4O2. The summed E-state index contributed by atoms with van der Waals surface area (Å²) in [5.74, 6) is 5.96. The second-order valence-corrected chi connectivity index (χ2v) is 5.01. The van der Waals surface area contributed by atoms with Crippen molar-refractivity contribution >= 4 is 11.7 Å². The van der Waals surface area contributed by atoms with Crippen LogP contribution in [0.15, 0.2) is 12.1 Å². The number of amides is 1. The van der Waals surface area contributed by atoms with Crippen molar-refractivity contribution in [1.82, 2.24) is 10.3 Å². The Labute approximate surface area is 120 Å². The number of hydrazine groups is 1. The maximum atomic E-state index is 12.3. The average Bonchev–Trinajstić information content (AvgIpc) is 2.42. The van der Waals surface area contributed by atoms with E-state index in [2.05, 4.69) is 29.6 Å². The van der Waals surface area contributed by atoms with E-state index in [-0.39, 0.29) is 11.9 Å². The number of nitrogens with two attached hydrogens (primary N) is 1. The Balaban J connectivity index is 2.80. The molecule has 6 heteroatoms. The molecule has 0 saturated heterocycles.